The van der Waals surface area contributed by atoms with E-state index in [1.807, 2.05) is 6.07 Å². The van der Waals surface area contributed by atoms with Crippen LogP contribution in [-0.2, 0) is 16.4 Å². The van der Waals surface area contributed by atoms with E-state index in [-0.39, 0.29) is 12.0 Å². The molecule has 0 amide bonds. The maximum absolute atomic E-state index is 12.7. The molecular weight excluding hydrogens is 288 g/mol. The van der Waals surface area contributed by atoms with Crippen LogP contribution in [0.15, 0.2) is 23.1 Å². The van der Waals surface area contributed by atoms with Gasteiger partial charge < -0.3 is 10.4 Å². The number of rotatable bonds is 3. The van der Waals surface area contributed by atoms with Gasteiger partial charge in [0.15, 0.2) is 0 Å². The highest BCUT2D eigenvalue weighted by molar-refractivity contribution is 7.89. The standard InChI is InChI=1S/C15H22N2O3S/c1-11(18)12-5-8-17(9-6-12)21(19,20)14-3-2-13-4-7-16-15(13)10-14/h2-3,10-12,16,18H,4-9H2,1H3. The highest BCUT2D eigenvalue weighted by Crippen LogP contribution is 2.29. The van der Waals surface area contributed by atoms with Crippen LogP contribution in [0.5, 0.6) is 0 Å². The van der Waals surface area contributed by atoms with Crippen LogP contribution in [0.4, 0.5) is 5.69 Å². The van der Waals surface area contributed by atoms with Gasteiger partial charge in [-0.05, 0) is 49.8 Å². The third-order valence-electron chi connectivity index (χ3n) is 4.61. The van der Waals surface area contributed by atoms with Crippen molar-refractivity contribution in [3.8, 4) is 0 Å². The molecule has 0 saturated carbocycles. The summed E-state index contributed by atoms with van der Waals surface area (Å²) < 4.78 is 26.9. The highest BCUT2D eigenvalue weighted by atomic mass is 32.2. The lowest BCUT2D eigenvalue weighted by atomic mass is 9.93. The molecule has 2 aliphatic heterocycles. The number of anilines is 1. The molecule has 1 aromatic rings. The molecule has 116 valence electrons. The van der Waals surface area contributed by atoms with Gasteiger partial charge in [0.05, 0.1) is 11.0 Å². The van der Waals surface area contributed by atoms with Gasteiger partial charge in [-0.15, -0.1) is 0 Å². The summed E-state index contributed by atoms with van der Waals surface area (Å²) >= 11 is 0. The molecule has 1 fully saturated rings. The van der Waals surface area contributed by atoms with Gasteiger partial charge in [0.1, 0.15) is 0 Å². The van der Waals surface area contributed by atoms with Gasteiger partial charge in [-0.25, -0.2) is 8.42 Å². The molecule has 2 N–H and O–H groups in total. The predicted molar refractivity (Wildman–Crippen MR) is 81.8 cm³/mol. The Balaban J connectivity index is 1.78. The smallest absolute Gasteiger partial charge is 0.243 e. The Hall–Kier alpha value is -1.11. The predicted octanol–water partition coefficient (Wildman–Crippen LogP) is 1.44. The normalized spacial score (nSPS) is 21.8. The Morgan fingerprint density at radius 3 is 2.71 bits per heavy atom. The van der Waals surface area contributed by atoms with Gasteiger partial charge in [0.2, 0.25) is 10.0 Å². The Bertz CT molecular complexity index is 620. The van der Waals surface area contributed by atoms with E-state index < -0.39 is 10.0 Å². The summed E-state index contributed by atoms with van der Waals surface area (Å²) in [5, 5.41) is 12.8. The van der Waals surface area contributed by atoms with Crippen LogP contribution in [0.1, 0.15) is 25.3 Å². The number of nitrogens with one attached hydrogen (secondary N) is 1. The van der Waals surface area contributed by atoms with Crippen LogP contribution in [0.25, 0.3) is 0 Å². The number of fused-ring (bicyclic) bond motifs is 1. The summed E-state index contributed by atoms with van der Waals surface area (Å²) in [6, 6.07) is 5.37. The number of benzene rings is 1. The second kappa shape index (κ2) is 5.59. The number of nitrogens with zero attached hydrogens (tertiary/aromatic N) is 1. The van der Waals surface area contributed by atoms with E-state index in [2.05, 4.69) is 5.32 Å². The number of hydrogen-bond acceptors (Lipinski definition) is 4. The Morgan fingerprint density at radius 1 is 1.33 bits per heavy atom. The first-order valence-corrected chi connectivity index (χ1v) is 8.97. The Labute approximate surface area is 126 Å². The first-order valence-electron chi connectivity index (χ1n) is 7.53. The SMILES string of the molecule is CC(O)C1CCN(S(=O)(=O)c2ccc3c(c2)NCC3)CC1. The highest BCUT2D eigenvalue weighted by Gasteiger charge is 2.31. The zero-order valence-corrected chi connectivity index (χ0v) is 13.1. The summed E-state index contributed by atoms with van der Waals surface area (Å²) in [6.45, 7) is 3.63. The molecule has 0 bridgehead atoms. The molecular formula is C15H22N2O3S. The summed E-state index contributed by atoms with van der Waals surface area (Å²) in [5.41, 5.74) is 2.12. The number of aliphatic hydroxyl groups excluding tert-OH is 1. The summed E-state index contributed by atoms with van der Waals surface area (Å²) in [7, 11) is -3.42. The molecule has 5 nitrogen and oxygen atoms in total. The zero-order valence-electron chi connectivity index (χ0n) is 12.2. The van der Waals surface area contributed by atoms with Gasteiger partial charge in [-0.1, -0.05) is 6.07 Å². The number of sulfonamides is 1. The minimum Gasteiger partial charge on any atom is -0.393 e. The van der Waals surface area contributed by atoms with E-state index in [9.17, 15) is 13.5 Å². The summed E-state index contributed by atoms with van der Waals surface area (Å²) in [6.07, 6.45) is 2.04. The third-order valence-corrected chi connectivity index (χ3v) is 6.50. The van der Waals surface area contributed by atoms with Gasteiger partial charge in [0, 0.05) is 25.3 Å². The van der Waals surface area contributed by atoms with Crippen molar-refractivity contribution in [1.29, 1.82) is 0 Å². The molecule has 1 atom stereocenters. The Morgan fingerprint density at radius 2 is 2.05 bits per heavy atom. The molecule has 1 aromatic carbocycles. The monoisotopic (exact) mass is 310 g/mol. The van der Waals surface area contributed by atoms with E-state index >= 15 is 0 Å². The molecule has 0 aromatic heterocycles. The second-order valence-electron chi connectivity index (χ2n) is 5.98. The lowest BCUT2D eigenvalue weighted by molar-refractivity contribution is 0.0912. The van der Waals surface area contributed by atoms with Crippen molar-refractivity contribution in [2.75, 3.05) is 25.0 Å². The maximum Gasteiger partial charge on any atom is 0.243 e. The minimum absolute atomic E-state index is 0.207. The molecule has 21 heavy (non-hydrogen) atoms. The average Bonchev–Trinajstić information content (AvgIpc) is 2.94. The molecule has 1 unspecified atom stereocenters. The fraction of sp³-hybridized carbons (Fsp3) is 0.600. The van der Waals surface area contributed by atoms with Crippen molar-refractivity contribution in [2.45, 2.75) is 37.2 Å². The molecule has 1 saturated heterocycles. The fourth-order valence-electron chi connectivity index (χ4n) is 3.18. The average molecular weight is 310 g/mol. The number of hydrogen-bond donors (Lipinski definition) is 2. The first-order chi connectivity index (χ1) is 9.98. The third kappa shape index (κ3) is 2.80. The van der Waals surface area contributed by atoms with Gasteiger partial charge in [-0.2, -0.15) is 4.31 Å². The van der Waals surface area contributed by atoms with Crippen molar-refractivity contribution in [1.82, 2.24) is 4.31 Å². The van der Waals surface area contributed by atoms with E-state index in [0.717, 1.165) is 31.5 Å². The largest absolute Gasteiger partial charge is 0.393 e. The van der Waals surface area contributed by atoms with Gasteiger partial charge >= 0.3 is 0 Å². The summed E-state index contributed by atoms with van der Waals surface area (Å²) in [4.78, 5) is 0.367. The van der Waals surface area contributed by atoms with E-state index in [1.54, 1.807) is 23.4 Å². The van der Waals surface area contributed by atoms with Crippen molar-refractivity contribution in [3.05, 3.63) is 23.8 Å². The lowest BCUT2D eigenvalue weighted by Gasteiger charge is -2.32. The van der Waals surface area contributed by atoms with Crippen LogP contribution in [-0.4, -0.2) is 43.6 Å². The minimum atomic E-state index is -3.42. The van der Waals surface area contributed by atoms with Gasteiger partial charge in [0.25, 0.3) is 0 Å². The molecule has 0 radical (unpaired) electrons. The molecule has 0 spiro atoms. The van der Waals surface area contributed by atoms with Crippen LogP contribution in [0.2, 0.25) is 0 Å². The van der Waals surface area contributed by atoms with Crippen LogP contribution < -0.4 is 5.32 Å². The summed E-state index contributed by atoms with van der Waals surface area (Å²) in [5.74, 6) is 0.207. The van der Waals surface area contributed by atoms with Crippen LogP contribution in [0, 0.1) is 5.92 Å². The molecule has 6 heteroatoms. The van der Waals surface area contributed by atoms with Crippen molar-refractivity contribution < 1.29 is 13.5 Å². The number of piperidine rings is 1. The maximum atomic E-state index is 12.7. The topological polar surface area (TPSA) is 69.6 Å². The van der Waals surface area contributed by atoms with Crippen molar-refractivity contribution in [3.63, 3.8) is 0 Å². The van der Waals surface area contributed by atoms with Crippen molar-refractivity contribution in [2.24, 2.45) is 5.92 Å². The van der Waals surface area contributed by atoms with Gasteiger partial charge in [-0.3, -0.25) is 0 Å². The van der Waals surface area contributed by atoms with E-state index in [4.69, 9.17) is 0 Å². The fourth-order valence-corrected chi connectivity index (χ4v) is 4.67. The molecule has 2 heterocycles. The number of aliphatic hydroxyl groups is 1. The Kier molecular flexibility index (Phi) is 3.94. The lowest BCUT2D eigenvalue weighted by Crippen LogP contribution is -2.40. The van der Waals surface area contributed by atoms with Crippen LogP contribution >= 0.6 is 0 Å². The van der Waals surface area contributed by atoms with Crippen LogP contribution in [0.3, 0.4) is 0 Å². The molecule has 2 aliphatic rings. The molecule has 0 aliphatic carbocycles. The second-order valence-corrected chi connectivity index (χ2v) is 7.92. The van der Waals surface area contributed by atoms with E-state index in [1.165, 1.54) is 5.56 Å². The molecule has 3 rings (SSSR count). The van der Waals surface area contributed by atoms with Crippen molar-refractivity contribution >= 4 is 15.7 Å². The van der Waals surface area contributed by atoms with E-state index in [0.29, 0.717) is 18.0 Å². The zero-order chi connectivity index (χ0) is 15.0. The first kappa shape index (κ1) is 14.8. The quantitative estimate of drug-likeness (QED) is 0.886.